The van der Waals surface area contributed by atoms with E-state index in [2.05, 4.69) is 14.8 Å². The molecule has 0 saturated carbocycles. The number of nitrogens with zero attached hydrogens (tertiary/aromatic N) is 4. The van der Waals surface area contributed by atoms with E-state index in [4.69, 9.17) is 15.0 Å². The first kappa shape index (κ1) is 23.5. The van der Waals surface area contributed by atoms with Crippen LogP contribution < -0.4 is 0 Å². The zero-order chi connectivity index (χ0) is 20.5. The fourth-order valence-electron chi connectivity index (χ4n) is 1.81. The molecule has 0 aromatic rings. The van der Waals surface area contributed by atoms with Gasteiger partial charge in [-0.25, -0.2) is 14.5 Å². The molecule has 10 nitrogen and oxygen atoms in total. The predicted octanol–water partition coefficient (Wildman–Crippen LogP) is 3.79. The molecule has 0 spiro atoms. The molecule has 0 fully saturated rings. The first-order chi connectivity index (χ1) is 11.8. The second-order valence-electron chi connectivity index (χ2n) is 7.51. The van der Waals surface area contributed by atoms with Crippen molar-refractivity contribution >= 4 is 18.2 Å². The third kappa shape index (κ3) is 9.73. The van der Waals surface area contributed by atoms with Gasteiger partial charge in [0.1, 0.15) is 11.2 Å². The van der Waals surface area contributed by atoms with Gasteiger partial charge in [-0.3, -0.25) is 4.79 Å². The average Bonchev–Trinajstić information content (AvgIpc) is 2.45. The molecule has 0 rings (SSSR count). The molecule has 0 heterocycles. The Kier molecular flexibility index (Phi) is 8.92. The van der Waals surface area contributed by atoms with Crippen LogP contribution in [0.15, 0.2) is 5.11 Å². The summed E-state index contributed by atoms with van der Waals surface area (Å²) < 4.78 is 15.1. The highest BCUT2D eigenvalue weighted by molar-refractivity contribution is 5.88. The molecule has 0 radical (unpaired) electrons. The number of hydrogen-bond donors (Lipinski definition) is 0. The van der Waals surface area contributed by atoms with Gasteiger partial charge in [-0.15, -0.1) is 0 Å². The summed E-state index contributed by atoms with van der Waals surface area (Å²) in [5.74, 6) is -0.524. The molecule has 0 N–H and O–H groups in total. The number of methoxy groups -OCH3 is 1. The number of azide groups is 1. The summed E-state index contributed by atoms with van der Waals surface area (Å²) in [6, 6.07) is -0.922. The molecule has 148 valence electrons. The minimum Gasteiger partial charge on any atom is -0.469 e. The molecule has 0 bridgehead atoms. The highest BCUT2D eigenvalue weighted by Crippen LogP contribution is 2.19. The summed E-state index contributed by atoms with van der Waals surface area (Å²) >= 11 is 0. The van der Waals surface area contributed by atoms with Gasteiger partial charge in [0, 0.05) is 17.9 Å². The Balaban J connectivity index is 5.67. The van der Waals surface area contributed by atoms with Gasteiger partial charge in [-0.2, -0.15) is 0 Å². The van der Waals surface area contributed by atoms with E-state index in [1.165, 1.54) is 7.11 Å². The molecule has 26 heavy (non-hydrogen) atoms. The van der Waals surface area contributed by atoms with Crippen LogP contribution in [-0.4, -0.2) is 54.0 Å². The highest BCUT2D eigenvalue weighted by Gasteiger charge is 2.36. The SMILES string of the molecule is COC(=O)CC[C@@H](CN=[N+]=[N-])N(C(=O)OC(C)(C)C)C(=O)OC(C)(C)C. The molecule has 0 aliphatic rings. The molecule has 0 unspecified atom stereocenters. The highest BCUT2D eigenvalue weighted by atomic mass is 16.6. The summed E-state index contributed by atoms with van der Waals surface area (Å²) in [4.78, 5) is 39.9. The smallest absolute Gasteiger partial charge is 0.420 e. The molecular formula is C16H28N4O6. The Morgan fingerprint density at radius 3 is 1.85 bits per heavy atom. The van der Waals surface area contributed by atoms with Gasteiger partial charge in [0.05, 0.1) is 13.2 Å². The minimum absolute atomic E-state index is 0.0319. The van der Waals surface area contributed by atoms with E-state index < -0.39 is 35.4 Å². The van der Waals surface area contributed by atoms with Crippen molar-refractivity contribution in [1.82, 2.24) is 4.90 Å². The summed E-state index contributed by atoms with van der Waals surface area (Å²) in [5.41, 5.74) is 6.87. The van der Waals surface area contributed by atoms with Gasteiger partial charge in [0.2, 0.25) is 0 Å². The van der Waals surface area contributed by atoms with Crippen LogP contribution >= 0.6 is 0 Å². The van der Waals surface area contributed by atoms with Crippen molar-refractivity contribution in [1.29, 1.82) is 0 Å². The number of rotatable bonds is 6. The second kappa shape index (κ2) is 9.86. The van der Waals surface area contributed by atoms with Gasteiger partial charge >= 0.3 is 18.2 Å². The number of carbonyl (C=O) groups excluding carboxylic acids is 3. The summed E-state index contributed by atoms with van der Waals surface area (Å²) in [6.45, 7) is 9.66. The molecule has 0 aliphatic heterocycles. The zero-order valence-electron chi connectivity index (χ0n) is 16.4. The number of amides is 2. The molecule has 0 aromatic heterocycles. The van der Waals surface area contributed by atoms with Crippen molar-refractivity contribution in [3.8, 4) is 0 Å². The number of carbonyl (C=O) groups is 3. The van der Waals surface area contributed by atoms with Crippen LogP contribution in [0.5, 0.6) is 0 Å². The molecule has 1 atom stereocenters. The predicted molar refractivity (Wildman–Crippen MR) is 93.4 cm³/mol. The maximum absolute atomic E-state index is 12.6. The van der Waals surface area contributed by atoms with Crippen molar-refractivity contribution in [3.05, 3.63) is 10.4 Å². The van der Waals surface area contributed by atoms with E-state index >= 15 is 0 Å². The number of hydrogen-bond acceptors (Lipinski definition) is 7. The van der Waals surface area contributed by atoms with Crippen LogP contribution in [0.3, 0.4) is 0 Å². The van der Waals surface area contributed by atoms with E-state index in [9.17, 15) is 14.4 Å². The first-order valence-corrected chi connectivity index (χ1v) is 8.13. The van der Waals surface area contributed by atoms with Gasteiger partial charge in [-0.05, 0) is 53.5 Å². The van der Waals surface area contributed by atoms with E-state index in [-0.39, 0.29) is 19.4 Å². The molecule has 10 heteroatoms. The largest absolute Gasteiger partial charge is 0.469 e. The number of imide groups is 1. The van der Waals surface area contributed by atoms with Crippen molar-refractivity contribution in [2.75, 3.05) is 13.7 Å². The standard InChI is InChI=1S/C16H28N4O6/c1-15(2,3)25-13(22)20(14(23)26-16(4,5)6)11(10-18-19-17)8-9-12(21)24-7/h11H,8-10H2,1-7H3/t11-/m0/s1. The number of ether oxygens (including phenoxy) is 3. The van der Waals surface area contributed by atoms with Crippen molar-refractivity contribution < 1.29 is 28.6 Å². The molecular weight excluding hydrogens is 344 g/mol. The lowest BCUT2D eigenvalue weighted by atomic mass is 10.1. The first-order valence-electron chi connectivity index (χ1n) is 8.13. The average molecular weight is 372 g/mol. The second-order valence-corrected chi connectivity index (χ2v) is 7.51. The van der Waals surface area contributed by atoms with Crippen LogP contribution in [0, 0.1) is 0 Å². The Labute approximate surface area is 153 Å². The maximum Gasteiger partial charge on any atom is 0.420 e. The summed E-state index contributed by atoms with van der Waals surface area (Å²) in [7, 11) is 1.23. The van der Waals surface area contributed by atoms with Gasteiger partial charge in [-0.1, -0.05) is 5.11 Å². The van der Waals surface area contributed by atoms with Crippen LogP contribution in [0.25, 0.3) is 10.4 Å². The Hall–Kier alpha value is -2.48. The van der Waals surface area contributed by atoms with Crippen LogP contribution in [0.1, 0.15) is 54.4 Å². The Bertz CT molecular complexity index is 530. The van der Waals surface area contributed by atoms with Crippen LogP contribution in [0.2, 0.25) is 0 Å². The van der Waals surface area contributed by atoms with Gasteiger partial charge in [0.25, 0.3) is 0 Å². The van der Waals surface area contributed by atoms with E-state index in [0.717, 1.165) is 4.90 Å². The third-order valence-corrected chi connectivity index (χ3v) is 2.81. The summed E-state index contributed by atoms with van der Waals surface area (Å²) in [6.07, 6.45) is -1.95. The van der Waals surface area contributed by atoms with E-state index in [1.54, 1.807) is 41.5 Å². The lowest BCUT2D eigenvalue weighted by molar-refractivity contribution is -0.141. The van der Waals surface area contributed by atoms with Crippen molar-refractivity contribution in [3.63, 3.8) is 0 Å². The molecule has 2 amide bonds. The third-order valence-electron chi connectivity index (χ3n) is 2.81. The van der Waals surface area contributed by atoms with Gasteiger partial charge in [0.15, 0.2) is 0 Å². The fourth-order valence-corrected chi connectivity index (χ4v) is 1.81. The van der Waals surface area contributed by atoms with E-state index in [1.807, 2.05) is 0 Å². The Morgan fingerprint density at radius 2 is 1.50 bits per heavy atom. The quantitative estimate of drug-likeness (QED) is 0.229. The maximum atomic E-state index is 12.6. The van der Waals surface area contributed by atoms with E-state index in [0.29, 0.717) is 0 Å². The Morgan fingerprint density at radius 1 is 1.04 bits per heavy atom. The van der Waals surface area contributed by atoms with Crippen molar-refractivity contribution in [2.24, 2.45) is 5.11 Å². The lowest BCUT2D eigenvalue weighted by Crippen LogP contribution is -2.50. The molecule has 0 saturated heterocycles. The van der Waals surface area contributed by atoms with Crippen LogP contribution in [0.4, 0.5) is 9.59 Å². The monoisotopic (exact) mass is 372 g/mol. The fraction of sp³-hybridized carbons (Fsp3) is 0.812. The summed E-state index contributed by atoms with van der Waals surface area (Å²) in [5, 5.41) is 3.43. The minimum atomic E-state index is -0.949. The molecule has 0 aromatic carbocycles. The number of esters is 1. The lowest BCUT2D eigenvalue weighted by Gasteiger charge is -2.32. The zero-order valence-corrected chi connectivity index (χ0v) is 16.4. The van der Waals surface area contributed by atoms with Gasteiger partial charge < -0.3 is 14.2 Å². The normalized spacial score (nSPS) is 12.4. The van der Waals surface area contributed by atoms with Crippen molar-refractivity contribution in [2.45, 2.75) is 71.6 Å². The van der Waals surface area contributed by atoms with Crippen LogP contribution in [-0.2, 0) is 19.0 Å². The molecule has 0 aliphatic carbocycles. The topological polar surface area (TPSA) is 131 Å².